The van der Waals surface area contributed by atoms with E-state index in [2.05, 4.69) is 31.3 Å². The Labute approximate surface area is 402 Å². The summed E-state index contributed by atoms with van der Waals surface area (Å²) in [6, 6.07) is -0.620. The molecule has 0 aliphatic heterocycles. The summed E-state index contributed by atoms with van der Waals surface area (Å²) < 4.78 is 0. The molecule has 0 rings (SSSR count). The number of carbonyl (C=O) groups excluding carboxylic acids is 1. The molecule has 0 aromatic carbocycles. The molecular formula is C60H117NO3. The molecule has 0 aromatic heterocycles. The molecule has 0 saturated carbocycles. The first-order chi connectivity index (χ1) is 31.7. The number of amides is 1. The van der Waals surface area contributed by atoms with Crippen LogP contribution in [0.2, 0.25) is 0 Å². The third-order valence-electron chi connectivity index (χ3n) is 13.9. The van der Waals surface area contributed by atoms with Gasteiger partial charge < -0.3 is 15.5 Å². The maximum absolute atomic E-state index is 12.5. The lowest BCUT2D eigenvalue weighted by Gasteiger charge is -2.20. The van der Waals surface area contributed by atoms with Gasteiger partial charge in [0, 0.05) is 6.42 Å². The molecule has 0 radical (unpaired) electrons. The second-order valence-electron chi connectivity index (χ2n) is 20.4. The Kier molecular flexibility index (Phi) is 55.2. The van der Waals surface area contributed by atoms with Crippen LogP contribution in [0.25, 0.3) is 0 Å². The average Bonchev–Trinajstić information content (AvgIpc) is 3.30. The van der Waals surface area contributed by atoms with E-state index >= 15 is 0 Å². The van der Waals surface area contributed by atoms with Gasteiger partial charge in [0.15, 0.2) is 0 Å². The fourth-order valence-corrected chi connectivity index (χ4v) is 9.41. The number of unbranched alkanes of at least 4 members (excludes halogenated alkanes) is 46. The number of aliphatic hydroxyl groups is 2. The zero-order valence-electron chi connectivity index (χ0n) is 43.8. The third-order valence-corrected chi connectivity index (χ3v) is 13.9. The van der Waals surface area contributed by atoms with E-state index in [4.69, 9.17) is 0 Å². The van der Waals surface area contributed by atoms with Gasteiger partial charge >= 0.3 is 0 Å². The van der Waals surface area contributed by atoms with Crippen molar-refractivity contribution in [3.8, 4) is 0 Å². The van der Waals surface area contributed by atoms with Gasteiger partial charge in [0.1, 0.15) is 0 Å². The van der Waals surface area contributed by atoms with Gasteiger partial charge in [0.2, 0.25) is 5.91 Å². The molecule has 4 heteroatoms. The molecule has 0 spiro atoms. The number of rotatable bonds is 55. The van der Waals surface area contributed by atoms with Crippen LogP contribution in [-0.2, 0) is 4.79 Å². The lowest BCUT2D eigenvalue weighted by atomic mass is 10.0. The second kappa shape index (κ2) is 56.2. The van der Waals surface area contributed by atoms with Crippen LogP contribution in [0, 0.1) is 0 Å². The number of aliphatic hydroxyl groups excluding tert-OH is 2. The zero-order chi connectivity index (χ0) is 46.3. The van der Waals surface area contributed by atoms with Crippen molar-refractivity contribution in [2.75, 3.05) is 6.61 Å². The standard InChI is InChI=1S/C60H117NO3/c1-3-5-7-9-11-13-15-17-19-21-23-25-26-27-28-29-30-31-32-33-34-35-36-38-40-42-44-46-48-50-52-54-56-60(64)61-58(57-62)59(63)55-53-51-49-47-45-43-41-39-37-24-22-20-18-16-14-12-10-8-6-4-2/h27-28,53,55,58-59,62-63H,3-26,29-52,54,56-57H2,1-2H3,(H,61,64)/b28-27-,55-53+. The SMILES string of the molecule is CCCCCCCCCCCCCC/C=C\CCCCCCCCCCCCCCCCCCC(=O)NC(CO)C(O)/C=C/CCCCCCCCCCCCCCCCCCCC. The Balaban J connectivity index is 3.44. The number of nitrogens with one attached hydrogen (secondary N) is 1. The molecule has 2 unspecified atom stereocenters. The largest absolute Gasteiger partial charge is 0.394 e. The molecule has 0 bridgehead atoms. The molecule has 0 heterocycles. The van der Waals surface area contributed by atoms with Crippen molar-refractivity contribution >= 4 is 5.91 Å². The second-order valence-corrected chi connectivity index (χ2v) is 20.4. The summed E-state index contributed by atoms with van der Waals surface area (Å²) in [7, 11) is 0. The summed E-state index contributed by atoms with van der Waals surface area (Å²) in [6.07, 6.45) is 75.0. The minimum absolute atomic E-state index is 0.0574. The molecular weight excluding hydrogens is 783 g/mol. The van der Waals surface area contributed by atoms with Crippen LogP contribution in [0.15, 0.2) is 24.3 Å². The van der Waals surface area contributed by atoms with Crippen molar-refractivity contribution in [2.24, 2.45) is 0 Å². The molecule has 0 aromatic rings. The molecule has 3 N–H and O–H groups in total. The Morgan fingerprint density at radius 3 is 0.859 bits per heavy atom. The zero-order valence-corrected chi connectivity index (χ0v) is 43.8. The van der Waals surface area contributed by atoms with Crippen LogP contribution in [0.3, 0.4) is 0 Å². The molecule has 2 atom stereocenters. The van der Waals surface area contributed by atoms with Gasteiger partial charge in [0.25, 0.3) is 0 Å². The highest BCUT2D eigenvalue weighted by Crippen LogP contribution is 2.18. The Hall–Kier alpha value is -1.13. The molecule has 0 saturated heterocycles. The highest BCUT2D eigenvalue weighted by Gasteiger charge is 2.18. The van der Waals surface area contributed by atoms with Gasteiger partial charge in [0.05, 0.1) is 18.8 Å². The van der Waals surface area contributed by atoms with Crippen molar-refractivity contribution in [3.05, 3.63) is 24.3 Å². The first-order valence-corrected chi connectivity index (χ1v) is 29.6. The molecule has 0 aliphatic carbocycles. The molecule has 0 aliphatic rings. The van der Waals surface area contributed by atoms with Gasteiger partial charge in [-0.05, 0) is 44.9 Å². The Bertz CT molecular complexity index is 932. The van der Waals surface area contributed by atoms with E-state index in [1.54, 1.807) is 6.08 Å². The highest BCUT2D eigenvalue weighted by molar-refractivity contribution is 5.76. The van der Waals surface area contributed by atoms with E-state index in [0.29, 0.717) is 6.42 Å². The fraction of sp³-hybridized carbons (Fsp3) is 0.917. The van der Waals surface area contributed by atoms with Gasteiger partial charge in [-0.25, -0.2) is 0 Å². The van der Waals surface area contributed by atoms with Gasteiger partial charge in [-0.1, -0.05) is 308 Å². The van der Waals surface area contributed by atoms with Crippen LogP contribution >= 0.6 is 0 Å². The Morgan fingerprint density at radius 1 is 0.359 bits per heavy atom. The fourth-order valence-electron chi connectivity index (χ4n) is 9.41. The van der Waals surface area contributed by atoms with Crippen LogP contribution in [0.5, 0.6) is 0 Å². The summed E-state index contributed by atoms with van der Waals surface area (Å²) in [4.78, 5) is 12.5. The highest BCUT2D eigenvalue weighted by atomic mass is 16.3. The third kappa shape index (κ3) is 51.8. The van der Waals surface area contributed by atoms with Crippen molar-refractivity contribution in [2.45, 2.75) is 347 Å². The number of carbonyl (C=O) groups is 1. The van der Waals surface area contributed by atoms with Crippen molar-refractivity contribution in [3.63, 3.8) is 0 Å². The van der Waals surface area contributed by atoms with Crippen LogP contribution in [0.4, 0.5) is 0 Å². The number of hydrogen-bond acceptors (Lipinski definition) is 3. The smallest absolute Gasteiger partial charge is 0.220 e. The van der Waals surface area contributed by atoms with Gasteiger partial charge in [-0.15, -0.1) is 0 Å². The molecule has 0 fully saturated rings. The number of hydrogen-bond donors (Lipinski definition) is 3. The maximum atomic E-state index is 12.5. The van der Waals surface area contributed by atoms with Crippen molar-refractivity contribution < 1.29 is 15.0 Å². The lowest BCUT2D eigenvalue weighted by molar-refractivity contribution is -0.123. The van der Waals surface area contributed by atoms with E-state index in [1.807, 2.05) is 6.08 Å². The summed E-state index contributed by atoms with van der Waals surface area (Å²) in [5.41, 5.74) is 0. The van der Waals surface area contributed by atoms with Crippen LogP contribution in [0.1, 0.15) is 335 Å². The summed E-state index contributed by atoms with van der Waals surface area (Å²) >= 11 is 0. The van der Waals surface area contributed by atoms with E-state index < -0.39 is 12.1 Å². The molecule has 1 amide bonds. The summed E-state index contributed by atoms with van der Waals surface area (Å²) in [5.74, 6) is -0.0574. The van der Waals surface area contributed by atoms with Crippen molar-refractivity contribution in [1.82, 2.24) is 5.32 Å². The molecule has 64 heavy (non-hydrogen) atoms. The van der Waals surface area contributed by atoms with E-state index in [1.165, 1.54) is 289 Å². The van der Waals surface area contributed by atoms with Crippen molar-refractivity contribution in [1.29, 1.82) is 0 Å². The topological polar surface area (TPSA) is 69.6 Å². The van der Waals surface area contributed by atoms with Gasteiger partial charge in [-0.3, -0.25) is 4.79 Å². The monoisotopic (exact) mass is 900 g/mol. The minimum atomic E-state index is -0.837. The maximum Gasteiger partial charge on any atom is 0.220 e. The van der Waals surface area contributed by atoms with Gasteiger partial charge in [-0.2, -0.15) is 0 Å². The van der Waals surface area contributed by atoms with E-state index in [0.717, 1.165) is 25.7 Å². The van der Waals surface area contributed by atoms with Crippen LogP contribution in [-0.4, -0.2) is 34.9 Å². The normalized spacial score (nSPS) is 12.9. The van der Waals surface area contributed by atoms with E-state index in [9.17, 15) is 15.0 Å². The quantitative estimate of drug-likeness (QED) is 0.0421. The lowest BCUT2D eigenvalue weighted by Crippen LogP contribution is -2.45. The minimum Gasteiger partial charge on any atom is -0.394 e. The predicted molar refractivity (Wildman–Crippen MR) is 286 cm³/mol. The summed E-state index contributed by atoms with van der Waals surface area (Å²) in [5, 5.41) is 23.2. The number of allylic oxidation sites excluding steroid dienone is 3. The molecule has 380 valence electrons. The predicted octanol–water partition coefficient (Wildman–Crippen LogP) is 19.5. The summed E-state index contributed by atoms with van der Waals surface area (Å²) in [6.45, 7) is 4.35. The van der Waals surface area contributed by atoms with E-state index in [-0.39, 0.29) is 12.5 Å². The first kappa shape index (κ1) is 62.9. The first-order valence-electron chi connectivity index (χ1n) is 29.6. The average molecular weight is 901 g/mol. The Morgan fingerprint density at radius 2 is 0.594 bits per heavy atom. The molecule has 4 nitrogen and oxygen atoms in total. The van der Waals surface area contributed by atoms with Crippen LogP contribution < -0.4 is 5.32 Å².